The van der Waals surface area contributed by atoms with Crippen LogP contribution in [-0.4, -0.2) is 17.7 Å². The number of carbonyl (C=O) groups excluding carboxylic acids is 1. The summed E-state index contributed by atoms with van der Waals surface area (Å²) in [5.74, 6) is -0.172. The van der Waals surface area contributed by atoms with Crippen molar-refractivity contribution in [1.29, 1.82) is 0 Å². The van der Waals surface area contributed by atoms with E-state index in [1.165, 1.54) is 23.9 Å². The van der Waals surface area contributed by atoms with Crippen molar-refractivity contribution in [2.45, 2.75) is 20.5 Å². The molecule has 1 amide bonds. The molecule has 1 N–H and O–H groups in total. The largest absolute Gasteiger partial charge is 0.435 e. The lowest BCUT2D eigenvalue weighted by molar-refractivity contribution is -0.115. The van der Waals surface area contributed by atoms with Crippen molar-refractivity contribution in [2.75, 3.05) is 0 Å². The molecule has 0 spiro atoms. The van der Waals surface area contributed by atoms with E-state index in [-0.39, 0.29) is 11.7 Å². The van der Waals surface area contributed by atoms with E-state index in [2.05, 4.69) is 15.0 Å². The Morgan fingerprint density at radius 1 is 1.15 bits per heavy atom. The highest BCUT2D eigenvalue weighted by Gasteiger charge is 2.24. The Morgan fingerprint density at radius 3 is 2.54 bits per heavy atom. The Labute approximate surface area is 154 Å². The topological polar surface area (TPSA) is 50.7 Å². The van der Waals surface area contributed by atoms with Gasteiger partial charge in [-0.3, -0.25) is 4.79 Å². The maximum atomic E-state index is 12.2. The second kappa shape index (κ2) is 7.70. The van der Waals surface area contributed by atoms with Gasteiger partial charge in [-0.2, -0.15) is 8.78 Å². The number of nitrogens with zero attached hydrogens (tertiary/aromatic N) is 1. The van der Waals surface area contributed by atoms with E-state index in [0.29, 0.717) is 15.6 Å². The smallest absolute Gasteiger partial charge is 0.387 e. The number of alkyl halides is 2. The summed E-state index contributed by atoms with van der Waals surface area (Å²) in [7, 11) is 0. The Balaban J connectivity index is 1.76. The molecule has 1 aliphatic heterocycles. The lowest BCUT2D eigenvalue weighted by atomic mass is 10.1. The van der Waals surface area contributed by atoms with Crippen LogP contribution in [0.15, 0.2) is 52.4 Å². The summed E-state index contributed by atoms with van der Waals surface area (Å²) >= 11 is 1.24. The number of benzene rings is 2. The van der Waals surface area contributed by atoms with Crippen molar-refractivity contribution in [3.05, 3.63) is 64.1 Å². The molecule has 0 aromatic heterocycles. The minimum Gasteiger partial charge on any atom is -0.435 e. The number of rotatable bonds is 4. The average molecular weight is 374 g/mol. The molecule has 3 rings (SSSR count). The molecule has 0 saturated carbocycles. The molecule has 2 aromatic carbocycles. The van der Waals surface area contributed by atoms with Crippen LogP contribution < -0.4 is 10.1 Å². The van der Waals surface area contributed by atoms with E-state index in [9.17, 15) is 13.6 Å². The van der Waals surface area contributed by atoms with Gasteiger partial charge in [0.25, 0.3) is 5.91 Å². The van der Waals surface area contributed by atoms with Crippen molar-refractivity contribution in [1.82, 2.24) is 5.32 Å². The van der Waals surface area contributed by atoms with Gasteiger partial charge in [0.2, 0.25) is 0 Å². The Morgan fingerprint density at radius 2 is 1.88 bits per heavy atom. The number of nitrogens with one attached hydrogen (secondary N) is 1. The van der Waals surface area contributed by atoms with Gasteiger partial charge in [0.05, 0.1) is 10.6 Å². The normalized spacial score (nSPS) is 17.2. The third-order valence-electron chi connectivity index (χ3n) is 3.63. The molecule has 0 bridgehead atoms. The molecule has 0 atom stereocenters. The lowest BCUT2D eigenvalue weighted by Crippen LogP contribution is -2.19. The first kappa shape index (κ1) is 18.1. The predicted octanol–water partition coefficient (Wildman–Crippen LogP) is 4.80. The number of aliphatic imine (C=N–C) groups is 1. The van der Waals surface area contributed by atoms with Gasteiger partial charge in [0, 0.05) is 0 Å². The van der Waals surface area contributed by atoms with Gasteiger partial charge < -0.3 is 10.1 Å². The Hall–Kier alpha value is -2.67. The summed E-state index contributed by atoms with van der Waals surface area (Å²) in [5, 5.41) is 3.24. The zero-order chi connectivity index (χ0) is 18.7. The van der Waals surface area contributed by atoms with E-state index in [4.69, 9.17) is 0 Å². The van der Waals surface area contributed by atoms with E-state index in [0.717, 1.165) is 16.8 Å². The zero-order valence-electron chi connectivity index (χ0n) is 14.1. The molecule has 0 aliphatic carbocycles. The number of carbonyl (C=O) groups is 1. The van der Waals surface area contributed by atoms with Crippen LogP contribution in [0.3, 0.4) is 0 Å². The predicted molar refractivity (Wildman–Crippen MR) is 99.8 cm³/mol. The molecule has 1 fully saturated rings. The molecule has 4 nitrogen and oxygen atoms in total. The fraction of sp³-hybridized carbons (Fsp3) is 0.158. The van der Waals surface area contributed by atoms with Gasteiger partial charge in [-0.05, 0) is 61.0 Å². The highest BCUT2D eigenvalue weighted by molar-refractivity contribution is 8.18. The number of thioether (sulfide) groups is 1. The molecule has 1 heterocycles. The Bertz CT molecular complexity index is 893. The van der Waals surface area contributed by atoms with Crippen molar-refractivity contribution in [2.24, 2.45) is 4.99 Å². The summed E-state index contributed by atoms with van der Waals surface area (Å²) < 4.78 is 28.6. The first-order valence-electron chi connectivity index (χ1n) is 7.82. The first-order chi connectivity index (χ1) is 12.4. The molecule has 7 heteroatoms. The number of hydrogen-bond donors (Lipinski definition) is 1. The standard InChI is InChI=1S/C19H16F2N2O2S/c1-11-3-8-15(12(2)9-11)22-19-23-17(24)16(26-19)10-13-4-6-14(7-5-13)25-18(20)21/h3-10,18H,1-2H3,(H,22,23,24). The summed E-state index contributed by atoms with van der Waals surface area (Å²) in [6.07, 6.45) is 1.68. The second-order valence-corrected chi connectivity index (χ2v) is 6.75. The van der Waals surface area contributed by atoms with E-state index in [1.54, 1.807) is 18.2 Å². The summed E-state index contributed by atoms with van der Waals surface area (Å²) in [6.45, 7) is 1.11. The first-order valence-corrected chi connectivity index (χ1v) is 8.64. The fourth-order valence-corrected chi connectivity index (χ4v) is 3.25. The molecule has 26 heavy (non-hydrogen) atoms. The number of amides is 1. The van der Waals surface area contributed by atoms with Gasteiger partial charge in [-0.15, -0.1) is 0 Å². The number of hydrogen-bond acceptors (Lipinski definition) is 4. The molecule has 134 valence electrons. The van der Waals surface area contributed by atoms with Crippen molar-refractivity contribution >= 4 is 34.6 Å². The van der Waals surface area contributed by atoms with Crippen LogP contribution >= 0.6 is 11.8 Å². The maximum absolute atomic E-state index is 12.2. The van der Waals surface area contributed by atoms with Crippen molar-refractivity contribution in [3.63, 3.8) is 0 Å². The zero-order valence-corrected chi connectivity index (χ0v) is 14.9. The van der Waals surface area contributed by atoms with E-state index < -0.39 is 6.61 Å². The van der Waals surface area contributed by atoms with Crippen LogP contribution in [0.4, 0.5) is 14.5 Å². The minimum absolute atomic E-state index is 0.0720. The van der Waals surface area contributed by atoms with Crippen LogP contribution in [-0.2, 0) is 4.79 Å². The number of aryl methyl sites for hydroxylation is 2. The molecule has 1 saturated heterocycles. The monoisotopic (exact) mass is 374 g/mol. The summed E-state index contributed by atoms with van der Waals surface area (Å²) in [4.78, 5) is 17.1. The van der Waals surface area contributed by atoms with Gasteiger partial charge >= 0.3 is 6.61 Å². The Kier molecular flexibility index (Phi) is 5.37. The van der Waals surface area contributed by atoms with Crippen molar-refractivity contribution in [3.8, 4) is 5.75 Å². The molecule has 0 radical (unpaired) electrons. The van der Waals surface area contributed by atoms with Crippen LogP contribution in [0, 0.1) is 13.8 Å². The van der Waals surface area contributed by atoms with Crippen LogP contribution in [0.1, 0.15) is 16.7 Å². The van der Waals surface area contributed by atoms with E-state index in [1.807, 2.05) is 32.0 Å². The van der Waals surface area contributed by atoms with Gasteiger partial charge in [0.1, 0.15) is 5.75 Å². The SMILES string of the molecule is Cc1ccc(N=C2NC(=O)C(=Cc3ccc(OC(F)F)cc3)S2)c(C)c1. The second-order valence-electron chi connectivity index (χ2n) is 5.72. The highest BCUT2D eigenvalue weighted by atomic mass is 32.2. The maximum Gasteiger partial charge on any atom is 0.387 e. The summed E-state index contributed by atoms with van der Waals surface area (Å²) in [5.41, 5.74) is 3.68. The van der Waals surface area contributed by atoms with Crippen LogP contribution in [0.25, 0.3) is 6.08 Å². The third-order valence-corrected chi connectivity index (χ3v) is 4.54. The lowest BCUT2D eigenvalue weighted by Gasteiger charge is -2.04. The quantitative estimate of drug-likeness (QED) is 0.783. The summed E-state index contributed by atoms with van der Waals surface area (Å²) in [6, 6.07) is 12.0. The van der Waals surface area contributed by atoms with Crippen LogP contribution in [0.5, 0.6) is 5.75 Å². The molecule has 2 aromatic rings. The highest BCUT2D eigenvalue weighted by Crippen LogP contribution is 2.29. The van der Waals surface area contributed by atoms with Gasteiger partial charge in [-0.1, -0.05) is 29.8 Å². The van der Waals surface area contributed by atoms with Gasteiger partial charge in [0.15, 0.2) is 5.17 Å². The number of amidine groups is 1. The van der Waals surface area contributed by atoms with E-state index >= 15 is 0 Å². The van der Waals surface area contributed by atoms with Gasteiger partial charge in [-0.25, -0.2) is 4.99 Å². The number of halogens is 2. The molecular formula is C19H16F2N2O2S. The van der Waals surface area contributed by atoms with Crippen molar-refractivity contribution < 1.29 is 18.3 Å². The molecule has 0 unspecified atom stereocenters. The molecule has 1 aliphatic rings. The van der Waals surface area contributed by atoms with Crippen LogP contribution in [0.2, 0.25) is 0 Å². The minimum atomic E-state index is -2.86. The molecular weight excluding hydrogens is 358 g/mol. The fourth-order valence-electron chi connectivity index (χ4n) is 2.42. The number of ether oxygens (including phenoxy) is 1. The third kappa shape index (κ3) is 4.49. The average Bonchev–Trinajstić information content (AvgIpc) is 2.91.